The van der Waals surface area contributed by atoms with Crippen LogP contribution in [0.3, 0.4) is 0 Å². The lowest BCUT2D eigenvalue weighted by Gasteiger charge is -2.09. The molecule has 2 heterocycles. The highest BCUT2D eigenvalue weighted by molar-refractivity contribution is 7.09. The van der Waals surface area contributed by atoms with Gasteiger partial charge in [0.1, 0.15) is 11.2 Å². The van der Waals surface area contributed by atoms with E-state index in [0.717, 1.165) is 5.01 Å². The van der Waals surface area contributed by atoms with Crippen LogP contribution >= 0.6 is 11.3 Å². The van der Waals surface area contributed by atoms with E-state index in [-0.39, 0.29) is 17.5 Å². The molecule has 0 spiro atoms. The van der Waals surface area contributed by atoms with E-state index in [2.05, 4.69) is 15.4 Å². The first kappa shape index (κ1) is 11.5. The molecule has 0 radical (unpaired) electrons. The Bertz CT molecular complexity index is 521. The van der Waals surface area contributed by atoms with Crippen molar-refractivity contribution in [2.45, 2.75) is 13.0 Å². The van der Waals surface area contributed by atoms with Gasteiger partial charge in [-0.2, -0.15) is 0 Å². The summed E-state index contributed by atoms with van der Waals surface area (Å²) in [6, 6.07) is -0.108. The maximum Gasteiger partial charge on any atom is 0.330 e. The summed E-state index contributed by atoms with van der Waals surface area (Å²) >= 11 is 1.49. The van der Waals surface area contributed by atoms with E-state index in [0.29, 0.717) is 0 Å². The average molecular weight is 253 g/mol. The van der Waals surface area contributed by atoms with Gasteiger partial charge >= 0.3 is 5.69 Å². The lowest BCUT2D eigenvalue weighted by Crippen LogP contribution is -2.08. The number of anilines is 1. The molecule has 90 valence electrons. The molecule has 1 N–H and O–H groups in total. The Balaban J connectivity index is 2.21. The van der Waals surface area contributed by atoms with Crippen molar-refractivity contribution in [1.82, 2.24) is 14.8 Å². The van der Waals surface area contributed by atoms with Gasteiger partial charge in [0.05, 0.1) is 11.0 Å². The van der Waals surface area contributed by atoms with Crippen molar-refractivity contribution in [1.29, 1.82) is 0 Å². The number of hydrogen-bond acceptors (Lipinski definition) is 6. The number of thiazole rings is 1. The summed E-state index contributed by atoms with van der Waals surface area (Å²) in [6.07, 6.45) is 3.07. The summed E-state index contributed by atoms with van der Waals surface area (Å²) in [5, 5.41) is 20.5. The highest BCUT2D eigenvalue weighted by Gasteiger charge is 2.20. The molecular weight excluding hydrogens is 242 g/mol. The Morgan fingerprint density at radius 2 is 2.41 bits per heavy atom. The van der Waals surface area contributed by atoms with Crippen molar-refractivity contribution in [2.24, 2.45) is 7.05 Å². The maximum absolute atomic E-state index is 10.8. The summed E-state index contributed by atoms with van der Waals surface area (Å²) < 4.78 is 1.41. The Labute approximate surface area is 101 Å². The average Bonchev–Trinajstić information content (AvgIpc) is 2.86. The molecule has 0 aliphatic carbocycles. The standard InChI is InChI=1S/C9H11N5O2S/c1-6(9-10-3-4-17-9)11-8-7(14(15)16)5-13(2)12-8/h3-6H,1-2H3,(H,11,12). The van der Waals surface area contributed by atoms with Crippen molar-refractivity contribution < 1.29 is 4.92 Å². The van der Waals surface area contributed by atoms with Crippen LogP contribution in [0.25, 0.3) is 0 Å². The van der Waals surface area contributed by atoms with Crippen LogP contribution in [0.1, 0.15) is 18.0 Å². The number of hydrogen-bond donors (Lipinski definition) is 1. The van der Waals surface area contributed by atoms with E-state index in [1.54, 1.807) is 13.2 Å². The fraction of sp³-hybridized carbons (Fsp3) is 0.333. The predicted molar refractivity (Wildman–Crippen MR) is 64.0 cm³/mol. The first-order chi connectivity index (χ1) is 8.08. The van der Waals surface area contributed by atoms with Crippen LogP contribution in [0, 0.1) is 10.1 Å². The van der Waals surface area contributed by atoms with Gasteiger partial charge in [-0.15, -0.1) is 16.4 Å². The van der Waals surface area contributed by atoms with E-state index in [1.807, 2.05) is 12.3 Å². The molecule has 7 nitrogen and oxygen atoms in total. The summed E-state index contributed by atoms with van der Waals surface area (Å²) in [5.74, 6) is 0.264. The molecule has 1 atom stereocenters. The van der Waals surface area contributed by atoms with Crippen LogP contribution in [0.5, 0.6) is 0 Å². The summed E-state index contributed by atoms with van der Waals surface area (Å²) in [4.78, 5) is 14.5. The molecule has 0 bridgehead atoms. The van der Waals surface area contributed by atoms with E-state index in [9.17, 15) is 10.1 Å². The second kappa shape index (κ2) is 4.50. The minimum Gasteiger partial charge on any atom is -0.354 e. The Kier molecular flexibility index (Phi) is 3.05. The number of aromatic nitrogens is 3. The number of aryl methyl sites for hydroxylation is 1. The van der Waals surface area contributed by atoms with E-state index in [4.69, 9.17) is 0 Å². The van der Waals surface area contributed by atoms with Crippen molar-refractivity contribution >= 4 is 22.8 Å². The molecule has 0 fully saturated rings. The molecule has 0 saturated heterocycles. The maximum atomic E-state index is 10.8. The van der Waals surface area contributed by atoms with Gasteiger partial charge in [0, 0.05) is 18.6 Å². The second-order valence-corrected chi connectivity index (χ2v) is 4.46. The van der Waals surface area contributed by atoms with Crippen LogP contribution in [-0.4, -0.2) is 19.7 Å². The van der Waals surface area contributed by atoms with Crippen molar-refractivity contribution in [3.05, 3.63) is 32.9 Å². The third-order valence-electron chi connectivity index (χ3n) is 2.18. The zero-order valence-electron chi connectivity index (χ0n) is 9.32. The van der Waals surface area contributed by atoms with Gasteiger partial charge in [-0.1, -0.05) is 0 Å². The van der Waals surface area contributed by atoms with Crippen LogP contribution in [0.2, 0.25) is 0 Å². The van der Waals surface area contributed by atoms with Crippen LogP contribution in [-0.2, 0) is 7.05 Å². The monoisotopic (exact) mass is 253 g/mol. The van der Waals surface area contributed by atoms with Gasteiger partial charge in [0.15, 0.2) is 0 Å². The Morgan fingerprint density at radius 3 is 3.00 bits per heavy atom. The zero-order chi connectivity index (χ0) is 12.4. The first-order valence-corrected chi connectivity index (χ1v) is 5.80. The third kappa shape index (κ3) is 2.41. The van der Waals surface area contributed by atoms with Crippen LogP contribution in [0.4, 0.5) is 11.5 Å². The van der Waals surface area contributed by atoms with Crippen molar-refractivity contribution in [2.75, 3.05) is 5.32 Å². The van der Waals surface area contributed by atoms with Gasteiger partial charge in [-0.05, 0) is 6.92 Å². The van der Waals surface area contributed by atoms with Crippen LogP contribution in [0.15, 0.2) is 17.8 Å². The summed E-state index contributed by atoms with van der Waals surface area (Å²) in [7, 11) is 1.65. The van der Waals surface area contributed by atoms with E-state index >= 15 is 0 Å². The highest BCUT2D eigenvalue weighted by atomic mass is 32.1. The van der Waals surface area contributed by atoms with Gasteiger partial charge in [0.2, 0.25) is 5.82 Å². The molecule has 0 aliphatic heterocycles. The molecule has 0 aliphatic rings. The lowest BCUT2D eigenvalue weighted by atomic mass is 10.3. The molecule has 17 heavy (non-hydrogen) atoms. The van der Waals surface area contributed by atoms with Gasteiger partial charge in [-0.25, -0.2) is 4.98 Å². The second-order valence-electron chi connectivity index (χ2n) is 3.53. The van der Waals surface area contributed by atoms with Gasteiger partial charge in [-0.3, -0.25) is 14.8 Å². The highest BCUT2D eigenvalue weighted by Crippen LogP contribution is 2.26. The molecule has 2 aromatic rings. The van der Waals surface area contributed by atoms with Crippen molar-refractivity contribution in [3.8, 4) is 0 Å². The topological polar surface area (TPSA) is 85.9 Å². The van der Waals surface area contributed by atoms with Crippen molar-refractivity contribution in [3.63, 3.8) is 0 Å². The minimum atomic E-state index is -0.454. The summed E-state index contributed by atoms with van der Waals surface area (Å²) in [6.45, 7) is 1.89. The number of nitrogens with one attached hydrogen (secondary N) is 1. The van der Waals surface area contributed by atoms with Crippen LogP contribution < -0.4 is 5.32 Å². The summed E-state index contributed by atoms with van der Waals surface area (Å²) in [5.41, 5.74) is -0.0316. The Hall–Kier alpha value is -1.96. The molecule has 1 unspecified atom stereocenters. The third-order valence-corrected chi connectivity index (χ3v) is 3.14. The SMILES string of the molecule is CC(Nc1nn(C)cc1[N+](=O)[O-])c1nccs1. The zero-order valence-corrected chi connectivity index (χ0v) is 10.1. The molecule has 0 aromatic carbocycles. The number of nitrogens with zero attached hydrogens (tertiary/aromatic N) is 4. The normalized spacial score (nSPS) is 12.4. The van der Waals surface area contributed by atoms with E-state index < -0.39 is 4.92 Å². The van der Waals surface area contributed by atoms with E-state index in [1.165, 1.54) is 22.2 Å². The molecule has 0 saturated carbocycles. The van der Waals surface area contributed by atoms with Gasteiger partial charge in [0.25, 0.3) is 0 Å². The Morgan fingerprint density at radius 1 is 1.65 bits per heavy atom. The molecule has 8 heteroatoms. The fourth-order valence-corrected chi connectivity index (χ4v) is 2.07. The quantitative estimate of drug-likeness (QED) is 0.665. The fourth-order valence-electron chi connectivity index (χ4n) is 1.43. The molecule has 2 rings (SSSR count). The number of rotatable bonds is 4. The molecule has 2 aromatic heterocycles. The molecular formula is C9H11N5O2S. The smallest absolute Gasteiger partial charge is 0.330 e. The predicted octanol–water partition coefficient (Wildman–Crippen LogP) is 1.96. The minimum absolute atomic E-state index is 0.0316. The first-order valence-electron chi connectivity index (χ1n) is 4.92. The largest absolute Gasteiger partial charge is 0.354 e. The van der Waals surface area contributed by atoms with Gasteiger partial charge < -0.3 is 5.32 Å². The molecule has 0 amide bonds. The number of nitro groups is 1. The lowest BCUT2D eigenvalue weighted by molar-refractivity contribution is -0.384.